The van der Waals surface area contributed by atoms with Crippen LogP contribution in [0, 0.1) is 5.82 Å². The first-order chi connectivity index (χ1) is 16.0. The topological polar surface area (TPSA) is 102 Å². The third-order valence-electron chi connectivity index (χ3n) is 4.58. The van der Waals surface area contributed by atoms with Crippen molar-refractivity contribution in [3.63, 3.8) is 0 Å². The molecule has 4 aromatic rings. The summed E-state index contributed by atoms with van der Waals surface area (Å²) < 4.78 is 15.1. The lowest BCUT2D eigenvalue weighted by molar-refractivity contribution is -0.113. The van der Waals surface area contributed by atoms with Crippen molar-refractivity contribution in [2.24, 2.45) is 7.05 Å². The summed E-state index contributed by atoms with van der Waals surface area (Å²) in [6, 6.07) is 15.8. The monoisotopic (exact) mass is 462 g/mol. The zero-order chi connectivity index (χ0) is 23.2. The van der Waals surface area contributed by atoms with Gasteiger partial charge in [-0.2, -0.15) is 0 Å². The molecule has 2 aromatic carbocycles. The summed E-state index contributed by atoms with van der Waals surface area (Å²) in [7, 11) is 1.83. The van der Waals surface area contributed by atoms with Crippen molar-refractivity contribution < 1.29 is 14.0 Å². The summed E-state index contributed by atoms with van der Waals surface area (Å²) in [4.78, 5) is 28.8. The van der Waals surface area contributed by atoms with E-state index < -0.39 is 11.7 Å². The second-order valence-corrected chi connectivity index (χ2v) is 7.93. The Morgan fingerprint density at radius 2 is 1.79 bits per heavy atom. The number of aromatic nitrogens is 4. The van der Waals surface area contributed by atoms with Crippen LogP contribution in [0.25, 0.3) is 11.4 Å². The number of carbonyl (C=O) groups excluding carboxylic acids is 2. The smallest absolute Gasteiger partial charge is 0.255 e. The molecular formula is C23H19FN6O2S. The number of benzene rings is 2. The quantitative estimate of drug-likeness (QED) is 0.403. The van der Waals surface area contributed by atoms with Gasteiger partial charge in [-0.3, -0.25) is 14.6 Å². The highest BCUT2D eigenvalue weighted by Crippen LogP contribution is 2.22. The Bertz CT molecular complexity index is 1300. The van der Waals surface area contributed by atoms with E-state index >= 15 is 0 Å². The van der Waals surface area contributed by atoms with Crippen LogP contribution in [-0.4, -0.2) is 37.3 Å². The Balaban J connectivity index is 1.35. The predicted octanol–water partition coefficient (Wildman–Crippen LogP) is 4.00. The normalized spacial score (nSPS) is 10.6. The van der Waals surface area contributed by atoms with Crippen molar-refractivity contribution in [1.82, 2.24) is 19.7 Å². The maximum Gasteiger partial charge on any atom is 0.255 e. The Labute approximate surface area is 193 Å². The van der Waals surface area contributed by atoms with Crippen molar-refractivity contribution >= 4 is 35.0 Å². The Hall–Kier alpha value is -4.05. The van der Waals surface area contributed by atoms with Crippen LogP contribution in [0.4, 0.5) is 15.8 Å². The molecule has 2 amide bonds. The van der Waals surface area contributed by atoms with Crippen molar-refractivity contribution in [3.8, 4) is 11.4 Å². The lowest BCUT2D eigenvalue weighted by atomic mass is 10.2. The van der Waals surface area contributed by atoms with Crippen LogP contribution in [0.3, 0.4) is 0 Å². The SMILES string of the molecule is Cn1c(SCC(=O)Nc2cccc(NC(=O)c3cccc(F)c3)c2)nnc1-c1cccnc1. The number of nitrogens with one attached hydrogen (secondary N) is 2. The summed E-state index contributed by atoms with van der Waals surface area (Å²) in [5.74, 6) is -0.386. The summed E-state index contributed by atoms with van der Waals surface area (Å²) in [5, 5.41) is 14.4. The van der Waals surface area contributed by atoms with Crippen LogP contribution in [0.5, 0.6) is 0 Å². The van der Waals surface area contributed by atoms with Crippen LogP contribution in [0.1, 0.15) is 10.4 Å². The zero-order valence-electron chi connectivity index (χ0n) is 17.5. The van der Waals surface area contributed by atoms with E-state index in [-0.39, 0.29) is 17.2 Å². The van der Waals surface area contributed by atoms with Crippen LogP contribution >= 0.6 is 11.8 Å². The van der Waals surface area contributed by atoms with Gasteiger partial charge in [-0.25, -0.2) is 4.39 Å². The second kappa shape index (κ2) is 10.0. The van der Waals surface area contributed by atoms with Crippen LogP contribution in [0.2, 0.25) is 0 Å². The first kappa shape index (κ1) is 22.2. The lowest BCUT2D eigenvalue weighted by Crippen LogP contribution is -2.15. The predicted molar refractivity (Wildman–Crippen MR) is 124 cm³/mol. The molecule has 0 saturated carbocycles. The van der Waals surface area contributed by atoms with Gasteiger partial charge in [0.05, 0.1) is 5.75 Å². The highest BCUT2D eigenvalue weighted by Gasteiger charge is 2.13. The average molecular weight is 463 g/mol. The third-order valence-corrected chi connectivity index (χ3v) is 5.60. The van der Waals surface area contributed by atoms with E-state index in [0.717, 1.165) is 11.6 Å². The maximum absolute atomic E-state index is 13.3. The molecule has 166 valence electrons. The summed E-state index contributed by atoms with van der Waals surface area (Å²) >= 11 is 1.26. The minimum atomic E-state index is -0.489. The number of nitrogens with zero attached hydrogens (tertiary/aromatic N) is 4. The first-order valence-corrected chi connectivity index (χ1v) is 10.9. The Morgan fingerprint density at radius 1 is 1.00 bits per heavy atom. The van der Waals surface area contributed by atoms with Crippen molar-refractivity contribution in [2.75, 3.05) is 16.4 Å². The molecular weight excluding hydrogens is 443 g/mol. The molecule has 0 atom stereocenters. The molecule has 10 heteroatoms. The lowest BCUT2D eigenvalue weighted by Gasteiger charge is -2.09. The van der Waals surface area contributed by atoms with Gasteiger partial charge in [0.25, 0.3) is 5.91 Å². The summed E-state index contributed by atoms with van der Waals surface area (Å²) in [6.07, 6.45) is 3.38. The molecule has 0 radical (unpaired) electrons. The molecule has 0 aliphatic carbocycles. The average Bonchev–Trinajstić information content (AvgIpc) is 3.18. The Morgan fingerprint density at radius 3 is 2.55 bits per heavy atom. The molecule has 0 spiro atoms. The van der Waals surface area contributed by atoms with Gasteiger partial charge in [-0.05, 0) is 48.5 Å². The number of thioether (sulfide) groups is 1. The molecule has 0 unspecified atom stereocenters. The zero-order valence-corrected chi connectivity index (χ0v) is 18.3. The largest absolute Gasteiger partial charge is 0.325 e. The minimum Gasteiger partial charge on any atom is -0.325 e. The number of anilines is 2. The van der Waals surface area contributed by atoms with E-state index in [1.807, 2.05) is 19.2 Å². The minimum absolute atomic E-state index is 0.124. The fourth-order valence-electron chi connectivity index (χ4n) is 3.02. The molecule has 2 aromatic heterocycles. The van der Waals surface area contributed by atoms with Gasteiger partial charge >= 0.3 is 0 Å². The molecule has 0 aliphatic heterocycles. The van der Waals surface area contributed by atoms with Crippen molar-refractivity contribution in [3.05, 3.63) is 84.4 Å². The molecule has 8 nitrogen and oxygen atoms in total. The fraction of sp³-hybridized carbons (Fsp3) is 0.0870. The van der Waals surface area contributed by atoms with Gasteiger partial charge in [-0.15, -0.1) is 10.2 Å². The molecule has 2 N–H and O–H groups in total. The van der Waals surface area contributed by atoms with E-state index in [0.29, 0.717) is 22.4 Å². The van der Waals surface area contributed by atoms with Gasteiger partial charge in [0.2, 0.25) is 5.91 Å². The number of amides is 2. The van der Waals surface area contributed by atoms with Gasteiger partial charge < -0.3 is 15.2 Å². The maximum atomic E-state index is 13.3. The number of pyridine rings is 1. The number of carbonyl (C=O) groups is 2. The number of rotatable bonds is 7. The van der Waals surface area contributed by atoms with Crippen LogP contribution in [0.15, 0.2) is 78.2 Å². The second-order valence-electron chi connectivity index (χ2n) is 6.99. The highest BCUT2D eigenvalue weighted by molar-refractivity contribution is 7.99. The number of hydrogen-bond donors (Lipinski definition) is 2. The standard InChI is InChI=1S/C23H19FN6O2S/c1-30-21(16-6-4-10-25-13-16)28-29-23(30)33-14-20(31)26-18-8-3-9-19(12-18)27-22(32)15-5-2-7-17(24)11-15/h2-13H,14H2,1H3,(H,26,31)(H,27,32). The van der Waals surface area contributed by atoms with Gasteiger partial charge in [-0.1, -0.05) is 23.9 Å². The number of hydrogen-bond acceptors (Lipinski definition) is 6. The van der Waals surface area contributed by atoms with E-state index in [1.54, 1.807) is 41.2 Å². The highest BCUT2D eigenvalue weighted by atomic mass is 32.2. The van der Waals surface area contributed by atoms with Gasteiger partial charge in [0, 0.05) is 41.9 Å². The summed E-state index contributed by atoms with van der Waals surface area (Å²) in [5.41, 5.74) is 2.03. The van der Waals surface area contributed by atoms with Gasteiger partial charge in [0.15, 0.2) is 11.0 Å². The van der Waals surface area contributed by atoms with Crippen LogP contribution < -0.4 is 10.6 Å². The number of halogens is 1. The molecule has 4 rings (SSSR count). The van der Waals surface area contributed by atoms with Crippen molar-refractivity contribution in [1.29, 1.82) is 0 Å². The molecule has 0 saturated heterocycles. The fourth-order valence-corrected chi connectivity index (χ4v) is 3.73. The Kier molecular flexibility index (Phi) is 6.75. The van der Waals surface area contributed by atoms with E-state index in [1.165, 1.54) is 30.0 Å². The third kappa shape index (κ3) is 5.60. The molecule has 2 heterocycles. The first-order valence-electron chi connectivity index (χ1n) is 9.89. The molecule has 0 aliphatic rings. The summed E-state index contributed by atoms with van der Waals surface area (Å²) in [6.45, 7) is 0. The van der Waals surface area contributed by atoms with E-state index in [4.69, 9.17) is 0 Å². The van der Waals surface area contributed by atoms with E-state index in [9.17, 15) is 14.0 Å². The molecule has 0 bridgehead atoms. The molecule has 33 heavy (non-hydrogen) atoms. The van der Waals surface area contributed by atoms with Gasteiger partial charge in [0.1, 0.15) is 5.82 Å². The van der Waals surface area contributed by atoms with Crippen molar-refractivity contribution in [2.45, 2.75) is 5.16 Å². The van der Waals surface area contributed by atoms with E-state index in [2.05, 4.69) is 25.8 Å². The molecule has 0 fully saturated rings. The van der Waals surface area contributed by atoms with Crippen LogP contribution in [-0.2, 0) is 11.8 Å².